The normalized spacial score (nSPS) is 17.9. The predicted molar refractivity (Wildman–Crippen MR) is 113 cm³/mol. The number of alkyl halides is 6. The number of halogens is 6. The van der Waals surface area contributed by atoms with E-state index < -0.39 is 42.5 Å². The van der Waals surface area contributed by atoms with E-state index in [1.54, 1.807) is 0 Å². The third kappa shape index (κ3) is 10.7. The van der Waals surface area contributed by atoms with Crippen LogP contribution in [0.3, 0.4) is 0 Å². The number of hydrogen-bond acceptors (Lipinski definition) is 10. The highest BCUT2D eigenvalue weighted by Gasteiger charge is 2.83. The van der Waals surface area contributed by atoms with Crippen molar-refractivity contribution in [2.75, 3.05) is 106 Å². The first-order valence-electron chi connectivity index (χ1n) is 11.5. The lowest BCUT2D eigenvalue weighted by atomic mass is 10.1. The maximum Gasteiger partial charge on any atom is 0.387 e. The molecule has 0 unspecified atom stereocenters. The summed E-state index contributed by atoms with van der Waals surface area (Å²) in [6.45, 7) is -1.07. The molecule has 16 heteroatoms. The zero-order valence-electron chi connectivity index (χ0n) is 20.2. The van der Waals surface area contributed by atoms with Crippen molar-refractivity contribution in [2.24, 2.45) is 0 Å². The van der Waals surface area contributed by atoms with Crippen LogP contribution in [0.15, 0.2) is 11.5 Å². The Balaban J connectivity index is 2.41. The van der Waals surface area contributed by atoms with E-state index >= 15 is 0 Å². The molecule has 37 heavy (non-hydrogen) atoms. The summed E-state index contributed by atoms with van der Waals surface area (Å²) in [5.41, 5.74) is 0. The average Bonchev–Trinajstić information content (AvgIpc) is 2.95. The molecule has 0 bridgehead atoms. The van der Waals surface area contributed by atoms with Gasteiger partial charge in [0.15, 0.2) is 0 Å². The van der Waals surface area contributed by atoms with Crippen molar-refractivity contribution >= 4 is 0 Å². The van der Waals surface area contributed by atoms with Crippen LogP contribution in [0.25, 0.3) is 0 Å². The molecule has 0 amide bonds. The molecule has 2 N–H and O–H groups in total. The Morgan fingerprint density at radius 1 is 0.405 bits per heavy atom. The van der Waals surface area contributed by atoms with Gasteiger partial charge in [0.05, 0.1) is 92.5 Å². The van der Waals surface area contributed by atoms with Gasteiger partial charge in [-0.3, -0.25) is 0 Å². The fourth-order valence-corrected chi connectivity index (χ4v) is 2.70. The number of aliphatic hydroxyl groups is 2. The molecule has 0 saturated heterocycles. The van der Waals surface area contributed by atoms with Crippen LogP contribution in [-0.2, 0) is 37.9 Å². The number of rotatable bonds is 24. The molecule has 1 rings (SSSR count). The summed E-state index contributed by atoms with van der Waals surface area (Å²) >= 11 is 0. The molecule has 220 valence electrons. The Hall–Kier alpha value is -1.40. The lowest BCUT2D eigenvalue weighted by molar-refractivity contribution is -0.277. The molecule has 1 aliphatic carbocycles. The minimum atomic E-state index is -5.76. The molecule has 0 aromatic rings. The van der Waals surface area contributed by atoms with E-state index in [1.165, 1.54) is 0 Å². The molecule has 0 atom stereocenters. The maximum absolute atomic E-state index is 14.1. The Kier molecular flexibility index (Phi) is 16.3. The summed E-state index contributed by atoms with van der Waals surface area (Å²) in [6, 6.07) is 0. The van der Waals surface area contributed by atoms with Crippen molar-refractivity contribution in [1.29, 1.82) is 0 Å². The monoisotopic (exact) mass is 560 g/mol. The zero-order chi connectivity index (χ0) is 27.6. The summed E-state index contributed by atoms with van der Waals surface area (Å²) in [6.07, 6.45) is 0. The van der Waals surface area contributed by atoms with Crippen LogP contribution in [0.5, 0.6) is 0 Å². The van der Waals surface area contributed by atoms with Gasteiger partial charge >= 0.3 is 17.8 Å². The van der Waals surface area contributed by atoms with E-state index in [4.69, 9.17) is 38.6 Å². The number of allylic oxidation sites excluding steroid dienone is 2. The molecule has 0 aliphatic heterocycles. The van der Waals surface area contributed by atoms with Crippen LogP contribution >= 0.6 is 0 Å². The molecular weight excluding hydrogens is 526 g/mol. The van der Waals surface area contributed by atoms with Crippen molar-refractivity contribution in [3.8, 4) is 0 Å². The maximum atomic E-state index is 14.1. The third-order valence-corrected chi connectivity index (χ3v) is 4.47. The van der Waals surface area contributed by atoms with E-state index in [2.05, 4.69) is 9.47 Å². The van der Waals surface area contributed by atoms with Crippen LogP contribution in [0.2, 0.25) is 0 Å². The van der Waals surface area contributed by atoms with Crippen LogP contribution in [0.4, 0.5) is 26.3 Å². The van der Waals surface area contributed by atoms with Crippen LogP contribution in [-0.4, -0.2) is 134 Å². The quantitative estimate of drug-likeness (QED) is 0.132. The van der Waals surface area contributed by atoms with Crippen molar-refractivity contribution in [2.45, 2.75) is 17.8 Å². The van der Waals surface area contributed by atoms with Gasteiger partial charge < -0.3 is 48.1 Å². The van der Waals surface area contributed by atoms with Gasteiger partial charge in [0.1, 0.15) is 13.2 Å². The molecule has 0 radical (unpaired) electrons. The average molecular weight is 560 g/mol. The van der Waals surface area contributed by atoms with Crippen molar-refractivity contribution in [3.05, 3.63) is 11.5 Å². The van der Waals surface area contributed by atoms with E-state index in [-0.39, 0.29) is 92.5 Å². The minimum Gasteiger partial charge on any atom is -0.486 e. The van der Waals surface area contributed by atoms with Gasteiger partial charge in [0.2, 0.25) is 11.5 Å². The summed E-state index contributed by atoms with van der Waals surface area (Å²) in [5, 5.41) is 17.1. The molecule has 10 nitrogen and oxygen atoms in total. The lowest BCUT2D eigenvalue weighted by Crippen LogP contribution is -2.49. The fourth-order valence-electron chi connectivity index (χ4n) is 2.70. The van der Waals surface area contributed by atoms with Gasteiger partial charge in [-0.2, -0.15) is 26.3 Å². The summed E-state index contributed by atoms with van der Waals surface area (Å²) in [7, 11) is 0. The van der Waals surface area contributed by atoms with Gasteiger partial charge in [0.25, 0.3) is 0 Å². The van der Waals surface area contributed by atoms with Gasteiger partial charge in [-0.05, 0) is 0 Å². The highest BCUT2D eigenvalue weighted by molar-refractivity contribution is 5.34. The SMILES string of the molecule is OCCOCCOCCOCCOC1=C(OCCOCCOCCOCCO)C(F)(F)C(F)(F)C1(F)F. The second-order valence-corrected chi connectivity index (χ2v) is 7.20. The minimum absolute atomic E-state index is 0.00872. The standard InChI is InChI=1S/C21H34F6O10/c22-19(23)17(36-15-13-34-11-9-32-7-5-30-3-1-28)18(20(24,25)21(19,26)27)37-16-14-35-12-10-33-8-6-31-4-2-29/h28-29H,1-16H2. The highest BCUT2D eigenvalue weighted by Crippen LogP contribution is 2.59. The molecule has 0 spiro atoms. The first-order chi connectivity index (χ1) is 17.6. The van der Waals surface area contributed by atoms with Crippen molar-refractivity contribution in [3.63, 3.8) is 0 Å². The number of hydrogen-bond donors (Lipinski definition) is 2. The molecule has 0 aromatic carbocycles. The van der Waals surface area contributed by atoms with Crippen LogP contribution < -0.4 is 0 Å². The van der Waals surface area contributed by atoms with Gasteiger partial charge in [-0.15, -0.1) is 0 Å². The Labute approximate surface area is 210 Å². The predicted octanol–water partition coefficient (Wildman–Crippen LogP) is 1.23. The number of ether oxygens (including phenoxy) is 8. The topological polar surface area (TPSA) is 114 Å². The van der Waals surface area contributed by atoms with Crippen LogP contribution in [0, 0.1) is 0 Å². The van der Waals surface area contributed by atoms with E-state index in [0.29, 0.717) is 0 Å². The summed E-state index contributed by atoms with van der Waals surface area (Å²) < 4.78 is 123. The second kappa shape index (κ2) is 18.0. The Morgan fingerprint density at radius 3 is 0.919 bits per heavy atom. The van der Waals surface area contributed by atoms with Crippen LogP contribution in [0.1, 0.15) is 0 Å². The van der Waals surface area contributed by atoms with E-state index in [0.717, 1.165) is 0 Å². The molecule has 0 aromatic heterocycles. The third-order valence-electron chi connectivity index (χ3n) is 4.47. The molecule has 1 aliphatic rings. The molecular formula is C21H34F6O10. The number of aliphatic hydroxyl groups excluding tert-OH is 2. The van der Waals surface area contributed by atoms with E-state index in [1.807, 2.05) is 0 Å². The van der Waals surface area contributed by atoms with Gasteiger partial charge in [-0.1, -0.05) is 0 Å². The first-order valence-corrected chi connectivity index (χ1v) is 11.5. The Morgan fingerprint density at radius 2 is 0.649 bits per heavy atom. The largest absolute Gasteiger partial charge is 0.486 e. The van der Waals surface area contributed by atoms with Gasteiger partial charge in [-0.25, -0.2) is 0 Å². The second-order valence-electron chi connectivity index (χ2n) is 7.20. The highest BCUT2D eigenvalue weighted by atomic mass is 19.3. The molecule has 0 saturated carbocycles. The smallest absolute Gasteiger partial charge is 0.387 e. The summed E-state index contributed by atoms with van der Waals surface area (Å²) in [5.74, 6) is -20.3. The molecule has 0 fully saturated rings. The van der Waals surface area contributed by atoms with Crippen molar-refractivity contribution in [1.82, 2.24) is 0 Å². The Bertz CT molecular complexity index is 589. The lowest BCUT2D eigenvalue weighted by Gasteiger charge is -2.24. The molecule has 0 heterocycles. The first kappa shape index (κ1) is 33.6. The zero-order valence-corrected chi connectivity index (χ0v) is 20.2. The fraction of sp³-hybridized carbons (Fsp3) is 0.905. The van der Waals surface area contributed by atoms with Gasteiger partial charge in [0, 0.05) is 0 Å². The summed E-state index contributed by atoms with van der Waals surface area (Å²) in [4.78, 5) is 0. The van der Waals surface area contributed by atoms with E-state index in [9.17, 15) is 26.3 Å². The van der Waals surface area contributed by atoms with Crippen molar-refractivity contribution < 1.29 is 74.5 Å².